The maximum Gasteiger partial charge on any atom is 0.0541 e. The van der Waals surface area contributed by atoms with E-state index in [9.17, 15) is 0 Å². The molecule has 2 N–H and O–H groups in total. The fourth-order valence-corrected chi connectivity index (χ4v) is 1.73. The quantitative estimate of drug-likeness (QED) is 0.892. The van der Waals surface area contributed by atoms with Gasteiger partial charge in [0.15, 0.2) is 0 Å². The molecule has 0 bridgehead atoms. The minimum absolute atomic E-state index is 0.164. The lowest BCUT2D eigenvalue weighted by molar-refractivity contribution is 0.421. The number of nitrogens with one attached hydrogen (secondary N) is 2. The molecule has 24 heavy (non-hydrogen) atoms. The Labute approximate surface area is 147 Å². The second kappa shape index (κ2) is 9.50. The van der Waals surface area contributed by atoms with Gasteiger partial charge in [-0.15, -0.1) is 0 Å². The zero-order valence-electron chi connectivity index (χ0n) is 15.9. The van der Waals surface area contributed by atoms with Crippen LogP contribution in [0.2, 0.25) is 0 Å². The highest BCUT2D eigenvalue weighted by atomic mass is 15.0. The highest BCUT2D eigenvalue weighted by molar-refractivity contribution is 5.09. The van der Waals surface area contributed by atoms with Gasteiger partial charge in [-0.05, 0) is 71.4 Å². The molecule has 0 aliphatic rings. The third kappa shape index (κ3) is 10.9. The Morgan fingerprint density at radius 2 is 1.33 bits per heavy atom. The molecule has 4 nitrogen and oxygen atoms in total. The molecule has 2 aromatic rings. The van der Waals surface area contributed by atoms with Crippen LogP contribution < -0.4 is 10.6 Å². The highest BCUT2D eigenvalue weighted by Gasteiger charge is 2.08. The van der Waals surface area contributed by atoms with E-state index in [1.54, 1.807) is 0 Å². The van der Waals surface area contributed by atoms with Crippen LogP contribution >= 0.6 is 0 Å². The summed E-state index contributed by atoms with van der Waals surface area (Å²) in [5.74, 6) is 0. The van der Waals surface area contributed by atoms with Crippen LogP contribution in [-0.2, 0) is 13.1 Å². The van der Waals surface area contributed by atoms with Gasteiger partial charge in [0.1, 0.15) is 0 Å². The van der Waals surface area contributed by atoms with Gasteiger partial charge in [-0.1, -0.05) is 6.07 Å². The smallest absolute Gasteiger partial charge is 0.0541 e. The van der Waals surface area contributed by atoms with Crippen molar-refractivity contribution in [3.05, 3.63) is 60.2 Å². The maximum atomic E-state index is 4.22. The summed E-state index contributed by atoms with van der Waals surface area (Å²) < 4.78 is 0. The van der Waals surface area contributed by atoms with Crippen molar-refractivity contribution in [2.75, 3.05) is 0 Å². The Kier molecular flexibility index (Phi) is 8.02. The van der Waals surface area contributed by atoms with Gasteiger partial charge in [0.2, 0.25) is 0 Å². The molecular formula is C20H32N4. The predicted molar refractivity (Wildman–Crippen MR) is 102 cm³/mol. The zero-order valence-corrected chi connectivity index (χ0v) is 15.9. The fourth-order valence-electron chi connectivity index (χ4n) is 1.73. The Balaban J connectivity index is 0.000000240. The van der Waals surface area contributed by atoms with E-state index in [-0.39, 0.29) is 11.1 Å². The van der Waals surface area contributed by atoms with Crippen molar-refractivity contribution in [1.29, 1.82) is 0 Å². The maximum absolute atomic E-state index is 4.22. The van der Waals surface area contributed by atoms with Crippen LogP contribution in [0.5, 0.6) is 0 Å². The van der Waals surface area contributed by atoms with Crippen LogP contribution in [0.3, 0.4) is 0 Å². The van der Waals surface area contributed by atoms with E-state index in [2.05, 4.69) is 62.1 Å². The SMILES string of the molecule is CC(C)(C)NCc1ccccn1.CC(C)(C)NCc1ccncc1. The summed E-state index contributed by atoms with van der Waals surface area (Å²) in [7, 11) is 0. The molecule has 132 valence electrons. The predicted octanol–water partition coefficient (Wildman–Crippen LogP) is 3.94. The summed E-state index contributed by atoms with van der Waals surface area (Å²) in [5, 5.41) is 6.79. The van der Waals surface area contributed by atoms with E-state index in [0.29, 0.717) is 0 Å². The molecule has 2 rings (SSSR count). The van der Waals surface area contributed by atoms with Gasteiger partial charge in [0.25, 0.3) is 0 Å². The molecule has 0 saturated carbocycles. The number of hydrogen-bond acceptors (Lipinski definition) is 4. The van der Waals surface area contributed by atoms with Crippen molar-refractivity contribution in [2.24, 2.45) is 0 Å². The minimum Gasteiger partial charge on any atom is -0.308 e. The lowest BCUT2D eigenvalue weighted by atomic mass is 10.1. The van der Waals surface area contributed by atoms with Gasteiger partial charge in [-0.3, -0.25) is 9.97 Å². The van der Waals surface area contributed by atoms with E-state index in [1.807, 2.05) is 48.9 Å². The second-order valence-corrected chi connectivity index (χ2v) is 7.88. The number of hydrogen-bond donors (Lipinski definition) is 2. The third-order valence-corrected chi connectivity index (χ3v) is 3.10. The average molecular weight is 329 g/mol. The van der Waals surface area contributed by atoms with Crippen LogP contribution in [0.25, 0.3) is 0 Å². The highest BCUT2D eigenvalue weighted by Crippen LogP contribution is 2.02. The molecule has 0 unspecified atom stereocenters. The van der Waals surface area contributed by atoms with Crippen LogP contribution in [-0.4, -0.2) is 21.0 Å². The third-order valence-electron chi connectivity index (χ3n) is 3.10. The second-order valence-electron chi connectivity index (χ2n) is 7.88. The molecule has 0 spiro atoms. The normalized spacial score (nSPS) is 11.6. The first-order valence-corrected chi connectivity index (χ1v) is 8.45. The average Bonchev–Trinajstić information content (AvgIpc) is 2.52. The summed E-state index contributed by atoms with van der Waals surface area (Å²) in [4.78, 5) is 8.18. The largest absolute Gasteiger partial charge is 0.308 e. The Bertz CT molecular complexity index is 500. The number of pyridine rings is 2. The molecule has 0 aliphatic heterocycles. The standard InChI is InChI=1S/2C10H16N2/c1-10(2,3)12-8-9-4-6-11-7-5-9;1-10(2,3)12-8-9-6-4-5-7-11-9/h2*4-7,12H,8H2,1-3H3. The molecule has 0 saturated heterocycles. The molecule has 2 aromatic heterocycles. The van der Waals surface area contributed by atoms with Crippen molar-refractivity contribution in [1.82, 2.24) is 20.6 Å². The van der Waals surface area contributed by atoms with Crippen molar-refractivity contribution in [3.63, 3.8) is 0 Å². The first kappa shape index (κ1) is 20.3. The molecule has 0 aliphatic carbocycles. The number of aromatic nitrogens is 2. The topological polar surface area (TPSA) is 49.8 Å². The molecule has 0 fully saturated rings. The van der Waals surface area contributed by atoms with Gasteiger partial charge >= 0.3 is 0 Å². The monoisotopic (exact) mass is 328 g/mol. The van der Waals surface area contributed by atoms with Crippen LogP contribution in [0.4, 0.5) is 0 Å². The fraction of sp³-hybridized carbons (Fsp3) is 0.500. The molecule has 2 heterocycles. The summed E-state index contributed by atoms with van der Waals surface area (Å²) in [5.41, 5.74) is 2.72. The minimum atomic E-state index is 0.164. The number of rotatable bonds is 4. The first-order valence-electron chi connectivity index (χ1n) is 8.45. The Hall–Kier alpha value is -1.78. The van der Waals surface area contributed by atoms with E-state index >= 15 is 0 Å². The molecule has 0 amide bonds. The van der Waals surface area contributed by atoms with E-state index in [1.165, 1.54) is 5.56 Å². The van der Waals surface area contributed by atoms with Gasteiger partial charge in [0.05, 0.1) is 5.69 Å². The van der Waals surface area contributed by atoms with E-state index in [0.717, 1.165) is 18.8 Å². The molecular weight excluding hydrogens is 296 g/mol. The summed E-state index contributed by atoms with van der Waals surface area (Å²) >= 11 is 0. The van der Waals surface area contributed by atoms with E-state index in [4.69, 9.17) is 0 Å². The van der Waals surface area contributed by atoms with Crippen LogP contribution in [0.15, 0.2) is 48.9 Å². The molecule has 0 aromatic carbocycles. The van der Waals surface area contributed by atoms with Crippen molar-refractivity contribution in [3.8, 4) is 0 Å². The van der Waals surface area contributed by atoms with Gasteiger partial charge < -0.3 is 10.6 Å². The van der Waals surface area contributed by atoms with Gasteiger partial charge in [-0.25, -0.2) is 0 Å². The zero-order chi connectivity index (χ0) is 18.1. The van der Waals surface area contributed by atoms with Crippen molar-refractivity contribution < 1.29 is 0 Å². The molecule has 4 heteroatoms. The van der Waals surface area contributed by atoms with Crippen LogP contribution in [0, 0.1) is 0 Å². The van der Waals surface area contributed by atoms with Gasteiger partial charge in [0, 0.05) is 42.8 Å². The number of nitrogens with zero attached hydrogens (tertiary/aromatic N) is 2. The van der Waals surface area contributed by atoms with Crippen molar-refractivity contribution in [2.45, 2.75) is 65.7 Å². The first-order chi connectivity index (χ1) is 11.2. The molecule has 0 radical (unpaired) electrons. The van der Waals surface area contributed by atoms with Crippen molar-refractivity contribution >= 4 is 0 Å². The molecule has 0 atom stereocenters. The summed E-state index contributed by atoms with van der Waals surface area (Å²) in [6, 6.07) is 10.0. The van der Waals surface area contributed by atoms with Crippen LogP contribution in [0.1, 0.15) is 52.8 Å². The van der Waals surface area contributed by atoms with E-state index < -0.39 is 0 Å². The Morgan fingerprint density at radius 3 is 1.83 bits per heavy atom. The lowest BCUT2D eigenvalue weighted by Gasteiger charge is -2.20. The summed E-state index contributed by atoms with van der Waals surface area (Å²) in [6.45, 7) is 14.7. The van der Waals surface area contributed by atoms with Gasteiger partial charge in [-0.2, -0.15) is 0 Å². The lowest BCUT2D eigenvalue weighted by Crippen LogP contribution is -2.35. The Morgan fingerprint density at radius 1 is 0.750 bits per heavy atom. The summed E-state index contributed by atoms with van der Waals surface area (Å²) in [6.07, 6.45) is 5.46.